The number of anilines is 3. The summed E-state index contributed by atoms with van der Waals surface area (Å²) in [5.74, 6) is 0. The molecule has 1 heterocycles. The molecule has 0 spiro atoms. The minimum atomic E-state index is 0.878. The molecule has 216 valence electrons. The second-order valence-electron chi connectivity index (χ2n) is 11.7. The molecule has 9 rings (SSSR count). The van der Waals surface area contributed by atoms with Crippen LogP contribution in [-0.2, 0) is 0 Å². The molecule has 0 saturated carbocycles. The zero-order chi connectivity index (χ0) is 30.5. The standard InChI is InChI=1S/C44H29NO/c1-3-20-36-30(12-1)14-9-23-37(36)34-18-7-16-32(28-34)33-17-8-19-35(29-33)45(40-24-10-15-31-13-2-4-21-38(31)40)41-25-11-27-43-44(41)39-22-5-6-26-42(39)46-43/h1-29H. The van der Waals surface area contributed by atoms with Crippen LogP contribution in [0.5, 0.6) is 0 Å². The average molecular weight is 588 g/mol. The highest BCUT2D eigenvalue weighted by Crippen LogP contribution is 2.45. The van der Waals surface area contributed by atoms with Crippen LogP contribution in [0.3, 0.4) is 0 Å². The number of benzene rings is 8. The Labute approximate surface area is 267 Å². The summed E-state index contributed by atoms with van der Waals surface area (Å²) >= 11 is 0. The van der Waals surface area contributed by atoms with E-state index in [0.29, 0.717) is 0 Å². The molecule has 9 aromatic rings. The summed E-state index contributed by atoms with van der Waals surface area (Å²) in [6.45, 7) is 0. The minimum Gasteiger partial charge on any atom is -0.456 e. The van der Waals surface area contributed by atoms with Gasteiger partial charge in [-0.3, -0.25) is 0 Å². The van der Waals surface area contributed by atoms with Crippen LogP contribution in [0.2, 0.25) is 0 Å². The van der Waals surface area contributed by atoms with Crippen LogP contribution in [0.1, 0.15) is 0 Å². The minimum absolute atomic E-state index is 0.878. The third-order valence-corrected chi connectivity index (χ3v) is 9.03. The van der Waals surface area contributed by atoms with Crippen molar-refractivity contribution in [2.45, 2.75) is 0 Å². The quantitative estimate of drug-likeness (QED) is 0.199. The van der Waals surface area contributed by atoms with Gasteiger partial charge in [-0.25, -0.2) is 0 Å². The number of nitrogens with zero attached hydrogens (tertiary/aromatic N) is 1. The second-order valence-corrected chi connectivity index (χ2v) is 11.7. The molecular weight excluding hydrogens is 558 g/mol. The first kappa shape index (κ1) is 26.3. The van der Waals surface area contributed by atoms with Gasteiger partial charge in [0.2, 0.25) is 0 Å². The molecule has 0 aliphatic carbocycles. The van der Waals surface area contributed by atoms with Crippen molar-refractivity contribution >= 4 is 60.5 Å². The average Bonchev–Trinajstić information content (AvgIpc) is 3.51. The maximum atomic E-state index is 6.35. The summed E-state index contributed by atoms with van der Waals surface area (Å²) in [5, 5.41) is 7.12. The topological polar surface area (TPSA) is 16.4 Å². The first-order valence-electron chi connectivity index (χ1n) is 15.7. The lowest BCUT2D eigenvalue weighted by Gasteiger charge is -2.28. The Morgan fingerprint density at radius 1 is 0.370 bits per heavy atom. The number of hydrogen-bond donors (Lipinski definition) is 0. The predicted octanol–water partition coefficient (Wildman–Crippen LogP) is 12.7. The van der Waals surface area contributed by atoms with Crippen molar-refractivity contribution in [3.8, 4) is 22.3 Å². The van der Waals surface area contributed by atoms with Crippen molar-refractivity contribution < 1.29 is 4.42 Å². The fraction of sp³-hybridized carbons (Fsp3) is 0. The van der Waals surface area contributed by atoms with Gasteiger partial charge < -0.3 is 9.32 Å². The van der Waals surface area contributed by atoms with Gasteiger partial charge in [-0.15, -0.1) is 0 Å². The van der Waals surface area contributed by atoms with Crippen molar-refractivity contribution in [1.82, 2.24) is 0 Å². The third kappa shape index (κ3) is 4.35. The van der Waals surface area contributed by atoms with Crippen molar-refractivity contribution in [3.63, 3.8) is 0 Å². The summed E-state index contributed by atoms with van der Waals surface area (Å²) in [6.07, 6.45) is 0. The summed E-state index contributed by atoms with van der Waals surface area (Å²) in [7, 11) is 0. The van der Waals surface area contributed by atoms with Crippen molar-refractivity contribution in [3.05, 3.63) is 176 Å². The molecule has 0 bridgehead atoms. The Hall–Kier alpha value is -6.12. The van der Waals surface area contributed by atoms with E-state index in [4.69, 9.17) is 4.42 Å². The summed E-state index contributed by atoms with van der Waals surface area (Å²) in [6, 6.07) is 62.8. The number of furan rings is 1. The Kier molecular flexibility index (Phi) is 6.17. The largest absolute Gasteiger partial charge is 0.456 e. The summed E-state index contributed by atoms with van der Waals surface area (Å²) in [5.41, 5.74) is 9.85. The van der Waals surface area contributed by atoms with E-state index in [2.05, 4.69) is 169 Å². The lowest BCUT2D eigenvalue weighted by Crippen LogP contribution is -2.11. The molecule has 0 atom stereocenters. The van der Waals surface area contributed by atoms with Crippen molar-refractivity contribution in [2.75, 3.05) is 4.90 Å². The van der Waals surface area contributed by atoms with E-state index in [0.717, 1.165) is 44.6 Å². The molecule has 0 aliphatic heterocycles. The van der Waals surface area contributed by atoms with E-state index in [-0.39, 0.29) is 0 Å². The maximum Gasteiger partial charge on any atom is 0.137 e. The molecule has 8 aromatic carbocycles. The smallest absolute Gasteiger partial charge is 0.137 e. The normalized spacial score (nSPS) is 11.5. The molecule has 0 saturated heterocycles. The van der Waals surface area contributed by atoms with Crippen molar-refractivity contribution in [1.29, 1.82) is 0 Å². The lowest BCUT2D eigenvalue weighted by molar-refractivity contribution is 0.669. The summed E-state index contributed by atoms with van der Waals surface area (Å²) < 4.78 is 6.35. The molecular formula is C44H29NO. The SMILES string of the molecule is c1cc(-c2cccc(N(c3cccc4ccccc34)c3cccc4oc5ccccc5c34)c2)cc(-c2cccc3ccccc23)c1. The third-order valence-electron chi connectivity index (χ3n) is 9.03. The lowest BCUT2D eigenvalue weighted by atomic mass is 9.95. The fourth-order valence-corrected chi connectivity index (χ4v) is 6.92. The number of rotatable bonds is 5. The maximum absolute atomic E-state index is 6.35. The first-order chi connectivity index (χ1) is 22.8. The van der Waals surface area contributed by atoms with Crippen molar-refractivity contribution in [2.24, 2.45) is 0 Å². The van der Waals surface area contributed by atoms with E-state index in [1.54, 1.807) is 0 Å². The highest BCUT2D eigenvalue weighted by atomic mass is 16.3. The highest BCUT2D eigenvalue weighted by Gasteiger charge is 2.21. The molecule has 1 aromatic heterocycles. The van der Waals surface area contributed by atoms with Crippen LogP contribution in [0.4, 0.5) is 17.1 Å². The van der Waals surface area contributed by atoms with Gasteiger partial charge in [0.15, 0.2) is 0 Å². The number of para-hydroxylation sites is 1. The fourth-order valence-electron chi connectivity index (χ4n) is 6.92. The zero-order valence-corrected chi connectivity index (χ0v) is 25.1. The molecule has 0 N–H and O–H groups in total. The first-order valence-corrected chi connectivity index (χ1v) is 15.7. The molecule has 0 radical (unpaired) electrons. The molecule has 0 unspecified atom stereocenters. The van der Waals surface area contributed by atoms with Crippen LogP contribution in [-0.4, -0.2) is 0 Å². The molecule has 2 heteroatoms. The van der Waals surface area contributed by atoms with Gasteiger partial charge >= 0.3 is 0 Å². The molecule has 0 amide bonds. The van der Waals surface area contributed by atoms with Gasteiger partial charge in [0.25, 0.3) is 0 Å². The number of fused-ring (bicyclic) bond motifs is 5. The van der Waals surface area contributed by atoms with Gasteiger partial charge in [0, 0.05) is 16.5 Å². The zero-order valence-electron chi connectivity index (χ0n) is 25.1. The van der Waals surface area contributed by atoms with E-state index in [1.165, 1.54) is 38.2 Å². The van der Waals surface area contributed by atoms with Crippen LogP contribution in [0, 0.1) is 0 Å². The van der Waals surface area contributed by atoms with E-state index in [9.17, 15) is 0 Å². The van der Waals surface area contributed by atoms with Gasteiger partial charge in [-0.1, -0.05) is 133 Å². The highest BCUT2D eigenvalue weighted by molar-refractivity contribution is 6.14. The van der Waals surface area contributed by atoms with E-state index in [1.807, 2.05) is 12.1 Å². The Balaban J connectivity index is 1.25. The Bertz CT molecular complexity index is 2550. The van der Waals surface area contributed by atoms with Crippen LogP contribution < -0.4 is 4.90 Å². The molecule has 0 aliphatic rings. The van der Waals surface area contributed by atoms with Crippen LogP contribution in [0.15, 0.2) is 180 Å². The second kappa shape index (κ2) is 10.8. The van der Waals surface area contributed by atoms with Crippen LogP contribution in [0.25, 0.3) is 65.7 Å². The van der Waals surface area contributed by atoms with Crippen LogP contribution >= 0.6 is 0 Å². The van der Waals surface area contributed by atoms with E-state index >= 15 is 0 Å². The molecule has 2 nitrogen and oxygen atoms in total. The molecule has 46 heavy (non-hydrogen) atoms. The monoisotopic (exact) mass is 587 g/mol. The predicted molar refractivity (Wildman–Crippen MR) is 194 cm³/mol. The number of hydrogen-bond acceptors (Lipinski definition) is 2. The summed E-state index contributed by atoms with van der Waals surface area (Å²) in [4.78, 5) is 2.39. The van der Waals surface area contributed by atoms with Gasteiger partial charge in [0.1, 0.15) is 11.2 Å². The molecule has 0 fully saturated rings. The Morgan fingerprint density at radius 2 is 0.935 bits per heavy atom. The van der Waals surface area contributed by atoms with Gasteiger partial charge in [-0.2, -0.15) is 0 Å². The van der Waals surface area contributed by atoms with Gasteiger partial charge in [-0.05, 0) is 80.9 Å². The Morgan fingerprint density at radius 3 is 1.80 bits per heavy atom. The van der Waals surface area contributed by atoms with E-state index < -0.39 is 0 Å². The van der Waals surface area contributed by atoms with Gasteiger partial charge in [0.05, 0.1) is 16.8 Å².